The number of halogens is 4. The average molecular weight is 745 g/mol. The third-order valence-corrected chi connectivity index (χ3v) is 9.48. The largest absolute Gasteiger partial charge is 0.496 e. The molecule has 0 spiro atoms. The second-order valence-electron chi connectivity index (χ2n) is 11.7. The Balaban J connectivity index is 1.51. The van der Waals surface area contributed by atoms with Crippen LogP contribution in [0, 0.1) is 28.7 Å². The zero-order valence-corrected chi connectivity index (χ0v) is 29.5. The molecule has 0 bridgehead atoms. The summed E-state index contributed by atoms with van der Waals surface area (Å²) in [5.74, 6) is -11.5. The number of nitrogens with one attached hydrogen (secondary N) is 1. The molecular weight excluding hydrogens is 708 g/mol. The molecule has 0 unspecified atom stereocenters. The number of hydrogen-bond donors (Lipinski definition) is 3. The van der Waals surface area contributed by atoms with Crippen LogP contribution < -0.4 is 30.4 Å². The number of hydrogen-bond acceptors (Lipinski definition) is 10. The maximum absolute atomic E-state index is 14.5. The summed E-state index contributed by atoms with van der Waals surface area (Å²) in [5.41, 5.74) is 11.0. The molecule has 0 atom stereocenters. The van der Waals surface area contributed by atoms with Gasteiger partial charge >= 0.3 is 16.1 Å². The Morgan fingerprint density at radius 1 is 0.885 bits per heavy atom. The van der Waals surface area contributed by atoms with Crippen LogP contribution in [0.1, 0.15) is 33.6 Å². The smallest absolute Gasteiger partial charge is 0.311 e. The minimum Gasteiger partial charge on any atom is -0.496 e. The number of carbonyl (C=O) groups excluding carboxylic acids is 1. The Morgan fingerprint density at radius 2 is 1.52 bits per heavy atom. The van der Waals surface area contributed by atoms with E-state index in [9.17, 15) is 30.8 Å². The SMILES string of the molecule is CCN(CC)c1cc(-c2c3ccc(=N)cc-3oc3cc(N)ccc23)c(OC)cc1N(CC)CCCC(=O)Oc1c(F)c(F)c(S(=O)(=O)O)c(F)c1F. The third-order valence-electron chi connectivity index (χ3n) is 8.60. The highest BCUT2D eigenvalue weighted by molar-refractivity contribution is 7.85. The van der Waals surface area contributed by atoms with E-state index < -0.39 is 56.4 Å². The predicted octanol–water partition coefficient (Wildman–Crippen LogP) is 7.14. The zero-order valence-electron chi connectivity index (χ0n) is 28.7. The number of methoxy groups -OCH3 is 1. The lowest BCUT2D eigenvalue weighted by molar-refractivity contribution is -0.134. The van der Waals surface area contributed by atoms with Gasteiger partial charge in [-0.25, -0.2) is 8.78 Å². The van der Waals surface area contributed by atoms with Gasteiger partial charge in [0.25, 0.3) is 0 Å². The van der Waals surface area contributed by atoms with E-state index in [1.165, 1.54) is 7.11 Å². The summed E-state index contributed by atoms with van der Waals surface area (Å²) in [4.78, 5) is 14.5. The highest BCUT2D eigenvalue weighted by Crippen LogP contribution is 2.47. The number of nitrogens with zero attached hydrogens (tertiary/aromatic N) is 2. The minimum absolute atomic E-state index is 0.0675. The topological polar surface area (TPSA) is 159 Å². The predicted molar refractivity (Wildman–Crippen MR) is 187 cm³/mol. The fourth-order valence-electron chi connectivity index (χ4n) is 6.13. The first kappa shape index (κ1) is 37.9. The Bertz CT molecular complexity index is 2280. The van der Waals surface area contributed by atoms with Gasteiger partial charge in [0.15, 0.2) is 16.5 Å². The molecule has 3 aromatic carbocycles. The molecule has 0 aromatic heterocycles. The van der Waals surface area contributed by atoms with E-state index in [1.807, 2.05) is 49.9 Å². The van der Waals surface area contributed by atoms with Crippen molar-refractivity contribution in [2.75, 3.05) is 48.8 Å². The van der Waals surface area contributed by atoms with E-state index in [0.717, 1.165) is 33.5 Å². The van der Waals surface area contributed by atoms with Gasteiger partial charge in [-0.05, 0) is 57.5 Å². The Hall–Kier alpha value is -5.35. The number of nitrogen functional groups attached to an aromatic ring is 1. The lowest BCUT2D eigenvalue weighted by Gasteiger charge is -2.32. The van der Waals surface area contributed by atoms with E-state index in [2.05, 4.69) is 9.64 Å². The van der Waals surface area contributed by atoms with E-state index >= 15 is 0 Å². The highest BCUT2D eigenvalue weighted by Gasteiger charge is 2.34. The van der Waals surface area contributed by atoms with Crippen LogP contribution in [0.5, 0.6) is 11.5 Å². The second-order valence-corrected chi connectivity index (χ2v) is 13.1. The molecule has 11 nitrogen and oxygen atoms in total. The van der Waals surface area contributed by atoms with Gasteiger partial charge in [-0.1, -0.05) is 0 Å². The van der Waals surface area contributed by atoms with Crippen LogP contribution in [0.25, 0.3) is 33.4 Å². The van der Waals surface area contributed by atoms with Gasteiger partial charge in [-0.15, -0.1) is 0 Å². The van der Waals surface area contributed by atoms with Crippen LogP contribution in [-0.4, -0.2) is 52.2 Å². The number of esters is 1. The van der Waals surface area contributed by atoms with Crippen molar-refractivity contribution in [2.24, 2.45) is 0 Å². The molecule has 4 N–H and O–H groups in total. The number of rotatable bonds is 13. The van der Waals surface area contributed by atoms with Crippen molar-refractivity contribution in [2.45, 2.75) is 38.5 Å². The van der Waals surface area contributed by atoms with Gasteiger partial charge in [0.1, 0.15) is 17.1 Å². The maximum Gasteiger partial charge on any atom is 0.311 e. The van der Waals surface area contributed by atoms with Gasteiger partial charge < -0.3 is 34.8 Å². The highest BCUT2D eigenvalue weighted by atomic mass is 32.2. The molecular formula is C36H36F4N4O7S. The Kier molecular flexibility index (Phi) is 11.0. The van der Waals surface area contributed by atoms with Crippen molar-refractivity contribution in [1.82, 2.24) is 0 Å². The number of fused-ring (bicyclic) bond motifs is 2. The van der Waals surface area contributed by atoms with E-state index in [1.54, 1.807) is 24.3 Å². The van der Waals surface area contributed by atoms with Gasteiger partial charge in [-0.3, -0.25) is 9.35 Å². The Labute approximate surface area is 296 Å². The molecule has 3 aromatic rings. The third kappa shape index (κ3) is 7.21. The summed E-state index contributed by atoms with van der Waals surface area (Å²) in [7, 11) is -4.13. The number of anilines is 3. The summed E-state index contributed by atoms with van der Waals surface area (Å²) in [6.07, 6.45) is -0.376. The normalized spacial score (nSPS) is 11.6. The van der Waals surface area contributed by atoms with Crippen LogP contribution in [-0.2, 0) is 14.9 Å². The minimum atomic E-state index is -5.67. The fourth-order valence-corrected chi connectivity index (χ4v) is 6.76. The van der Waals surface area contributed by atoms with Crippen molar-refractivity contribution in [3.8, 4) is 33.9 Å². The molecule has 1 aliphatic carbocycles. The van der Waals surface area contributed by atoms with E-state index in [0.29, 0.717) is 42.4 Å². The van der Waals surface area contributed by atoms with Crippen molar-refractivity contribution < 1.29 is 49.2 Å². The first-order valence-electron chi connectivity index (χ1n) is 16.2. The molecule has 16 heteroatoms. The molecule has 276 valence electrons. The lowest BCUT2D eigenvalue weighted by atomic mass is 9.92. The maximum atomic E-state index is 14.5. The first-order chi connectivity index (χ1) is 24.6. The van der Waals surface area contributed by atoms with E-state index in [4.69, 9.17) is 24.8 Å². The zero-order chi connectivity index (χ0) is 38.1. The van der Waals surface area contributed by atoms with Crippen LogP contribution in [0.2, 0.25) is 0 Å². The van der Waals surface area contributed by atoms with Gasteiger partial charge in [0.2, 0.25) is 17.4 Å². The summed E-state index contributed by atoms with van der Waals surface area (Å²) >= 11 is 0. The molecule has 52 heavy (non-hydrogen) atoms. The molecule has 5 rings (SSSR count). The molecule has 0 saturated heterocycles. The standard InChI is InChI=1S/C36H36F4N4O7S/c1-5-43(6-2)24-17-23(30-21-12-10-19(41)15-27(21)50-28-16-20(42)11-13-22(28)30)26(49-4)18-25(24)44(7-3)14-8-9-29(45)51-35-31(37)33(39)36(52(46,47)48)34(40)32(35)38/h10-13,15-18,41H,5-9,14,42H2,1-4H3,(H,46,47,48). The first-order valence-corrected chi connectivity index (χ1v) is 17.7. The summed E-state index contributed by atoms with van der Waals surface area (Å²) in [5, 5.41) is 9.21. The summed E-state index contributed by atoms with van der Waals surface area (Å²) in [6.45, 7) is 7.82. The van der Waals surface area contributed by atoms with Gasteiger partial charge in [-0.2, -0.15) is 17.2 Å². The van der Waals surface area contributed by atoms with Gasteiger partial charge in [0.05, 0.1) is 23.8 Å². The van der Waals surface area contributed by atoms with Crippen molar-refractivity contribution in [3.05, 3.63) is 77.2 Å². The van der Waals surface area contributed by atoms with Crippen LogP contribution in [0.4, 0.5) is 34.6 Å². The summed E-state index contributed by atoms with van der Waals surface area (Å²) in [6, 6.07) is 14.3. The molecule has 2 aliphatic rings. The van der Waals surface area contributed by atoms with E-state index in [-0.39, 0.29) is 18.3 Å². The molecule has 0 saturated carbocycles. The van der Waals surface area contributed by atoms with Crippen LogP contribution in [0.3, 0.4) is 0 Å². The number of nitrogens with two attached hydrogens (primary N) is 1. The fraction of sp³-hybridized carbons (Fsp3) is 0.278. The van der Waals surface area contributed by atoms with Crippen LogP contribution >= 0.6 is 0 Å². The van der Waals surface area contributed by atoms with Crippen LogP contribution in [0.15, 0.2) is 57.8 Å². The van der Waals surface area contributed by atoms with Crippen molar-refractivity contribution in [1.29, 1.82) is 5.41 Å². The number of ether oxygens (including phenoxy) is 2. The monoisotopic (exact) mass is 744 g/mol. The molecule has 1 heterocycles. The number of benzene rings is 4. The van der Waals surface area contributed by atoms with Gasteiger partial charge in [0, 0.05) is 78.6 Å². The molecule has 0 fully saturated rings. The lowest BCUT2D eigenvalue weighted by Crippen LogP contribution is -2.29. The Morgan fingerprint density at radius 3 is 2.12 bits per heavy atom. The van der Waals surface area contributed by atoms with Crippen molar-refractivity contribution >= 4 is 44.1 Å². The quantitative estimate of drug-likeness (QED) is 0.0215. The van der Waals surface area contributed by atoms with Crippen molar-refractivity contribution in [3.63, 3.8) is 0 Å². The summed E-state index contributed by atoms with van der Waals surface area (Å²) < 4.78 is 106. The number of carbonyl (C=O) groups is 1. The molecule has 0 amide bonds. The molecule has 0 radical (unpaired) electrons. The molecule has 1 aliphatic heterocycles. The second kappa shape index (κ2) is 15.1. The average Bonchev–Trinajstić information content (AvgIpc) is 3.10.